The van der Waals surface area contributed by atoms with Gasteiger partial charge in [0.15, 0.2) is 0 Å². The van der Waals surface area contributed by atoms with Gasteiger partial charge in [-0.2, -0.15) is 0 Å². The lowest BCUT2D eigenvalue weighted by atomic mass is 9.58. The zero-order chi connectivity index (χ0) is 9.31. The van der Waals surface area contributed by atoms with Gasteiger partial charge in [0, 0.05) is 0 Å². The van der Waals surface area contributed by atoms with Crippen molar-refractivity contribution in [2.24, 2.45) is 11.3 Å². The Balaban J connectivity index is 1.89. The van der Waals surface area contributed by atoms with E-state index < -0.39 is 0 Å². The van der Waals surface area contributed by atoms with E-state index in [4.69, 9.17) is 0 Å². The third-order valence-electron chi connectivity index (χ3n) is 4.08. The summed E-state index contributed by atoms with van der Waals surface area (Å²) in [6.07, 6.45) is 8.91. The Bertz CT molecular complexity index is 170. The molecule has 1 nitrogen and oxygen atoms in total. The molecular formula is C12H23N. The highest BCUT2D eigenvalue weighted by Crippen LogP contribution is 2.51. The first-order valence-electron chi connectivity index (χ1n) is 5.89. The molecule has 0 aromatic rings. The molecule has 0 N–H and O–H groups in total. The topological polar surface area (TPSA) is 3.24 Å². The molecule has 1 heterocycles. The molecular weight excluding hydrogens is 158 g/mol. The lowest BCUT2D eigenvalue weighted by molar-refractivity contribution is 0.0250. The Morgan fingerprint density at radius 1 is 1.08 bits per heavy atom. The van der Waals surface area contributed by atoms with Crippen molar-refractivity contribution in [2.45, 2.75) is 45.4 Å². The number of rotatable bonds is 0. The molecule has 1 heteroatoms. The summed E-state index contributed by atoms with van der Waals surface area (Å²) in [6.45, 7) is 5.08. The molecule has 2 fully saturated rings. The minimum atomic E-state index is 0.786. The molecule has 76 valence electrons. The van der Waals surface area contributed by atoms with Gasteiger partial charge in [-0.05, 0) is 63.6 Å². The monoisotopic (exact) mass is 181 g/mol. The van der Waals surface area contributed by atoms with E-state index in [9.17, 15) is 0 Å². The van der Waals surface area contributed by atoms with Crippen LogP contribution in [0, 0.1) is 11.3 Å². The van der Waals surface area contributed by atoms with Crippen molar-refractivity contribution in [2.75, 3.05) is 20.1 Å². The van der Waals surface area contributed by atoms with Gasteiger partial charge < -0.3 is 4.90 Å². The average molecular weight is 181 g/mol. The second-order valence-corrected chi connectivity index (χ2v) is 5.52. The summed E-state index contributed by atoms with van der Waals surface area (Å²) in [6, 6.07) is 0. The van der Waals surface area contributed by atoms with Gasteiger partial charge in [0.2, 0.25) is 0 Å². The van der Waals surface area contributed by atoms with E-state index in [0.717, 1.165) is 11.3 Å². The van der Waals surface area contributed by atoms with Crippen molar-refractivity contribution in [1.82, 2.24) is 4.90 Å². The molecule has 0 atom stereocenters. The molecule has 13 heavy (non-hydrogen) atoms. The predicted molar refractivity (Wildman–Crippen MR) is 56.8 cm³/mol. The molecule has 1 aliphatic carbocycles. The highest BCUT2D eigenvalue weighted by molar-refractivity contribution is 4.92. The van der Waals surface area contributed by atoms with E-state index >= 15 is 0 Å². The summed E-state index contributed by atoms with van der Waals surface area (Å²) < 4.78 is 0. The summed E-state index contributed by atoms with van der Waals surface area (Å²) in [5.41, 5.74) is 0.786. The molecule has 1 saturated heterocycles. The lowest BCUT2D eigenvalue weighted by Crippen LogP contribution is -2.40. The highest BCUT2D eigenvalue weighted by Gasteiger charge is 2.41. The SMILES string of the molecule is CC1CC2(CCCCN(C)CC2)C1. The second-order valence-electron chi connectivity index (χ2n) is 5.52. The molecule has 0 aromatic carbocycles. The van der Waals surface area contributed by atoms with Gasteiger partial charge in [0.25, 0.3) is 0 Å². The Kier molecular flexibility index (Phi) is 2.64. The van der Waals surface area contributed by atoms with Crippen LogP contribution in [0.15, 0.2) is 0 Å². The Hall–Kier alpha value is -0.0400. The predicted octanol–water partition coefficient (Wildman–Crippen LogP) is 2.91. The van der Waals surface area contributed by atoms with Crippen LogP contribution in [0.25, 0.3) is 0 Å². The van der Waals surface area contributed by atoms with Crippen LogP contribution in [0.3, 0.4) is 0 Å². The highest BCUT2D eigenvalue weighted by atomic mass is 15.1. The number of likely N-dealkylation sites (tertiary alicyclic amines) is 1. The van der Waals surface area contributed by atoms with Crippen molar-refractivity contribution in [3.8, 4) is 0 Å². The summed E-state index contributed by atoms with van der Waals surface area (Å²) in [5.74, 6) is 1.02. The first-order chi connectivity index (χ1) is 6.20. The van der Waals surface area contributed by atoms with Crippen LogP contribution in [0.2, 0.25) is 0 Å². The fourth-order valence-electron chi connectivity index (χ4n) is 3.37. The molecule has 0 bridgehead atoms. The van der Waals surface area contributed by atoms with Crippen LogP contribution in [0.5, 0.6) is 0 Å². The Morgan fingerprint density at radius 3 is 2.54 bits per heavy atom. The summed E-state index contributed by atoms with van der Waals surface area (Å²) >= 11 is 0. The molecule has 2 aliphatic rings. The van der Waals surface area contributed by atoms with Crippen LogP contribution in [0.4, 0.5) is 0 Å². The quantitative estimate of drug-likeness (QED) is 0.555. The second kappa shape index (κ2) is 3.61. The van der Waals surface area contributed by atoms with Crippen LogP contribution in [-0.4, -0.2) is 25.0 Å². The average Bonchev–Trinajstić information content (AvgIpc) is 2.02. The normalized spacial score (nSPS) is 42.5. The van der Waals surface area contributed by atoms with Crippen molar-refractivity contribution >= 4 is 0 Å². The van der Waals surface area contributed by atoms with Crippen LogP contribution >= 0.6 is 0 Å². The fraction of sp³-hybridized carbons (Fsp3) is 1.00. The number of nitrogens with zero attached hydrogens (tertiary/aromatic N) is 1. The van der Waals surface area contributed by atoms with Gasteiger partial charge in [-0.25, -0.2) is 0 Å². The smallest absolute Gasteiger partial charge is 0.00165 e. The summed E-state index contributed by atoms with van der Waals surface area (Å²) in [4.78, 5) is 2.52. The van der Waals surface area contributed by atoms with Gasteiger partial charge in [-0.1, -0.05) is 13.3 Å². The Morgan fingerprint density at radius 2 is 1.85 bits per heavy atom. The van der Waals surface area contributed by atoms with E-state index in [1.165, 1.54) is 51.6 Å². The van der Waals surface area contributed by atoms with E-state index in [1.807, 2.05) is 0 Å². The maximum absolute atomic E-state index is 2.52. The third kappa shape index (κ3) is 2.07. The van der Waals surface area contributed by atoms with Gasteiger partial charge >= 0.3 is 0 Å². The molecule has 0 amide bonds. The molecule has 0 aromatic heterocycles. The van der Waals surface area contributed by atoms with Crippen molar-refractivity contribution in [3.63, 3.8) is 0 Å². The zero-order valence-electron chi connectivity index (χ0n) is 9.18. The lowest BCUT2D eigenvalue weighted by Gasteiger charge is -2.49. The van der Waals surface area contributed by atoms with E-state index in [-0.39, 0.29) is 0 Å². The number of hydrogen-bond acceptors (Lipinski definition) is 1. The van der Waals surface area contributed by atoms with E-state index in [1.54, 1.807) is 0 Å². The first-order valence-corrected chi connectivity index (χ1v) is 5.89. The van der Waals surface area contributed by atoms with Gasteiger partial charge in [0.1, 0.15) is 0 Å². The van der Waals surface area contributed by atoms with Gasteiger partial charge in [-0.15, -0.1) is 0 Å². The maximum Gasteiger partial charge on any atom is -0.00165 e. The van der Waals surface area contributed by atoms with Gasteiger partial charge in [0.05, 0.1) is 0 Å². The minimum absolute atomic E-state index is 0.786. The third-order valence-corrected chi connectivity index (χ3v) is 4.08. The van der Waals surface area contributed by atoms with Crippen molar-refractivity contribution in [3.05, 3.63) is 0 Å². The van der Waals surface area contributed by atoms with Crippen molar-refractivity contribution < 1.29 is 0 Å². The first kappa shape index (κ1) is 9.51. The van der Waals surface area contributed by atoms with Crippen LogP contribution in [0.1, 0.15) is 45.4 Å². The molecule has 2 rings (SSSR count). The Labute approximate surface area is 82.5 Å². The molecule has 1 spiro atoms. The van der Waals surface area contributed by atoms with Crippen molar-refractivity contribution in [1.29, 1.82) is 0 Å². The molecule has 0 radical (unpaired) electrons. The molecule has 1 saturated carbocycles. The van der Waals surface area contributed by atoms with Crippen LogP contribution < -0.4 is 0 Å². The summed E-state index contributed by atoms with van der Waals surface area (Å²) in [7, 11) is 2.28. The largest absolute Gasteiger partial charge is 0.306 e. The standard InChI is InChI=1S/C12H23N/c1-11-9-12(10-11)5-3-4-7-13(2)8-6-12/h11H,3-10H2,1-2H3. The summed E-state index contributed by atoms with van der Waals surface area (Å²) in [5, 5.41) is 0. The van der Waals surface area contributed by atoms with Gasteiger partial charge in [-0.3, -0.25) is 0 Å². The number of hydrogen-bond donors (Lipinski definition) is 0. The maximum atomic E-state index is 2.52. The van der Waals surface area contributed by atoms with Crippen LogP contribution in [-0.2, 0) is 0 Å². The zero-order valence-corrected chi connectivity index (χ0v) is 9.18. The minimum Gasteiger partial charge on any atom is -0.306 e. The molecule has 0 unspecified atom stereocenters. The molecule has 1 aliphatic heterocycles. The fourth-order valence-corrected chi connectivity index (χ4v) is 3.37. The van der Waals surface area contributed by atoms with E-state index in [2.05, 4.69) is 18.9 Å². The van der Waals surface area contributed by atoms with E-state index in [0.29, 0.717) is 0 Å².